The van der Waals surface area contributed by atoms with Gasteiger partial charge in [-0.1, -0.05) is 11.8 Å². The van der Waals surface area contributed by atoms with Gasteiger partial charge in [0.25, 0.3) is 12.3 Å². The summed E-state index contributed by atoms with van der Waals surface area (Å²) < 4.78 is 64.8. The Bertz CT molecular complexity index is 1060. The Morgan fingerprint density at radius 1 is 1.30 bits per heavy atom. The molecule has 1 fully saturated rings. The monoisotopic (exact) mass is 507 g/mol. The lowest BCUT2D eigenvalue weighted by atomic mass is 9.79. The Morgan fingerprint density at radius 2 is 2.09 bits per heavy atom. The van der Waals surface area contributed by atoms with Crippen molar-refractivity contribution < 1.29 is 31.8 Å². The normalized spacial score (nSPS) is 24.0. The number of anilines is 1. The molecule has 0 radical (unpaired) electrons. The lowest BCUT2D eigenvalue weighted by Gasteiger charge is -2.38. The summed E-state index contributed by atoms with van der Waals surface area (Å²) in [5.41, 5.74) is 2.08. The second-order valence-electron chi connectivity index (χ2n) is 7.15. The van der Waals surface area contributed by atoms with Gasteiger partial charge in [-0.2, -0.15) is 0 Å². The second kappa shape index (κ2) is 9.69. The molecule has 1 amide bonds. The molecular weight excluding hydrogens is 490 g/mol. The number of carbonyl (C=O) groups excluding carboxylic acids is 1. The Kier molecular flexibility index (Phi) is 7.34. The van der Waals surface area contributed by atoms with Gasteiger partial charge in [-0.3, -0.25) is 4.79 Å². The van der Waals surface area contributed by atoms with Crippen molar-refractivity contribution in [1.29, 1.82) is 0 Å². The molecule has 2 aromatic rings. The Balaban J connectivity index is 0.00000306. The van der Waals surface area contributed by atoms with Crippen molar-refractivity contribution in [2.24, 2.45) is 10.7 Å². The molecule has 0 aliphatic carbocycles. The fraction of sp³-hybridized carbons (Fsp3) is 0.368. The molecule has 1 aromatic heterocycles. The van der Waals surface area contributed by atoms with E-state index in [0.717, 1.165) is 30.2 Å². The lowest BCUT2D eigenvalue weighted by Crippen LogP contribution is -2.52. The molecule has 8 nitrogen and oxygen atoms in total. The van der Waals surface area contributed by atoms with Gasteiger partial charge in [0.2, 0.25) is 5.88 Å². The first-order valence-electron chi connectivity index (χ1n) is 9.32. The molecule has 2 atom stereocenters. The minimum atomic E-state index is -2.68. The van der Waals surface area contributed by atoms with Crippen molar-refractivity contribution in [2.45, 2.75) is 17.6 Å². The predicted octanol–water partition coefficient (Wildman–Crippen LogP) is 2.93. The number of hydrogen-bond acceptors (Lipinski definition) is 8. The Morgan fingerprint density at radius 3 is 2.79 bits per heavy atom. The van der Waals surface area contributed by atoms with Crippen LogP contribution in [-0.4, -0.2) is 58.7 Å². The summed E-state index contributed by atoms with van der Waals surface area (Å²) in [7, 11) is 0. The molecule has 178 valence electrons. The van der Waals surface area contributed by atoms with Crippen molar-refractivity contribution in [3.8, 4) is 5.88 Å². The third-order valence-electron chi connectivity index (χ3n) is 5.02. The van der Waals surface area contributed by atoms with Crippen LogP contribution >= 0.6 is 24.2 Å². The van der Waals surface area contributed by atoms with Crippen molar-refractivity contribution in [2.75, 3.05) is 30.9 Å². The van der Waals surface area contributed by atoms with E-state index in [1.54, 1.807) is 0 Å². The number of ether oxygens (including phenoxy) is 2. The first kappa shape index (κ1) is 25.0. The molecule has 2 aliphatic heterocycles. The van der Waals surface area contributed by atoms with Crippen LogP contribution < -0.4 is 15.8 Å². The van der Waals surface area contributed by atoms with Gasteiger partial charge in [0, 0.05) is 17.0 Å². The number of nitrogens with one attached hydrogen (secondary N) is 1. The van der Waals surface area contributed by atoms with Crippen LogP contribution in [0.1, 0.15) is 16.1 Å². The SMILES string of the molecule is Cl.NC1=N[C@@]2(c3cc(NC(=O)c4cnc(OCC(F)F)cn4)ccc3F)COC[C@@]2(F)CS1. The molecular formula is C19H18ClF4N5O3S. The zero-order chi connectivity index (χ0) is 22.9. The van der Waals surface area contributed by atoms with E-state index >= 15 is 4.39 Å². The summed E-state index contributed by atoms with van der Waals surface area (Å²) >= 11 is 1.02. The minimum absolute atomic E-state index is 0. The van der Waals surface area contributed by atoms with Gasteiger partial charge in [0.05, 0.1) is 25.6 Å². The number of halogens is 5. The summed E-state index contributed by atoms with van der Waals surface area (Å²) in [5, 5.41) is 2.63. The molecule has 3 N–H and O–H groups in total. The molecule has 0 unspecified atom stereocenters. The van der Waals surface area contributed by atoms with E-state index in [-0.39, 0.29) is 59.4 Å². The zero-order valence-electron chi connectivity index (χ0n) is 16.8. The summed E-state index contributed by atoms with van der Waals surface area (Å²) in [6.07, 6.45) is -0.612. The first-order chi connectivity index (χ1) is 15.2. The number of carbonyl (C=O) groups is 1. The number of aromatic nitrogens is 2. The van der Waals surface area contributed by atoms with E-state index in [9.17, 15) is 18.0 Å². The number of benzene rings is 1. The third kappa shape index (κ3) is 4.84. The number of nitrogens with two attached hydrogens (primary N) is 1. The molecule has 3 heterocycles. The van der Waals surface area contributed by atoms with Crippen LogP contribution in [0.5, 0.6) is 5.88 Å². The Labute approximate surface area is 195 Å². The molecule has 33 heavy (non-hydrogen) atoms. The van der Waals surface area contributed by atoms with Gasteiger partial charge in [-0.15, -0.1) is 12.4 Å². The first-order valence-corrected chi connectivity index (χ1v) is 10.3. The number of hydrogen-bond donors (Lipinski definition) is 2. The summed E-state index contributed by atoms with van der Waals surface area (Å²) in [4.78, 5) is 24.3. The van der Waals surface area contributed by atoms with Crippen LogP contribution in [0.2, 0.25) is 0 Å². The number of alkyl halides is 3. The van der Waals surface area contributed by atoms with Crippen molar-refractivity contribution in [3.63, 3.8) is 0 Å². The van der Waals surface area contributed by atoms with E-state index < -0.39 is 36.0 Å². The Hall–Kier alpha value is -2.64. The molecule has 0 spiro atoms. The summed E-state index contributed by atoms with van der Waals surface area (Å²) in [6.45, 7) is -1.32. The van der Waals surface area contributed by atoms with Gasteiger partial charge in [-0.25, -0.2) is 32.5 Å². The highest BCUT2D eigenvalue weighted by Crippen LogP contribution is 2.50. The second-order valence-corrected chi connectivity index (χ2v) is 8.14. The summed E-state index contributed by atoms with van der Waals surface area (Å²) in [6, 6.07) is 3.65. The van der Waals surface area contributed by atoms with Crippen LogP contribution in [0.4, 0.5) is 23.2 Å². The molecule has 14 heteroatoms. The number of fused-ring (bicyclic) bond motifs is 1. The number of amides is 1. The maximum atomic E-state index is 15.6. The van der Waals surface area contributed by atoms with E-state index in [0.29, 0.717) is 0 Å². The van der Waals surface area contributed by atoms with Gasteiger partial charge < -0.3 is 20.5 Å². The number of thioether (sulfide) groups is 1. The maximum absolute atomic E-state index is 15.6. The largest absolute Gasteiger partial charge is 0.470 e. The maximum Gasteiger partial charge on any atom is 0.275 e. The number of rotatable bonds is 6. The molecule has 2 aliphatic rings. The number of nitrogens with zero attached hydrogens (tertiary/aromatic N) is 3. The third-order valence-corrected chi connectivity index (χ3v) is 6.01. The standard InChI is InChI=1S/C19H17F4N5O3S.ClH/c20-12-2-1-10(27-16(29)13-4-26-15(5-25-13)31-6-14(21)22)3-11(12)19-8-30-7-18(19,23)9-32-17(24)28-19;/h1-5,14H,6-9H2,(H2,24,28)(H,27,29);1H/t18-,19-;/m1./s1. The van der Waals surface area contributed by atoms with E-state index in [1.807, 2.05) is 0 Å². The average molecular weight is 508 g/mol. The molecule has 0 bridgehead atoms. The lowest BCUT2D eigenvalue weighted by molar-refractivity contribution is 0.0792. The van der Waals surface area contributed by atoms with Crippen LogP contribution in [0.15, 0.2) is 35.6 Å². The minimum Gasteiger partial charge on any atom is -0.470 e. The average Bonchev–Trinajstić information content (AvgIpc) is 3.11. The molecule has 0 saturated carbocycles. The topological polar surface area (TPSA) is 112 Å². The van der Waals surface area contributed by atoms with Gasteiger partial charge in [-0.05, 0) is 18.2 Å². The van der Waals surface area contributed by atoms with Gasteiger partial charge in [0.1, 0.15) is 11.5 Å². The highest BCUT2D eigenvalue weighted by molar-refractivity contribution is 8.13. The van der Waals surface area contributed by atoms with Gasteiger partial charge in [0.15, 0.2) is 23.0 Å². The van der Waals surface area contributed by atoms with Crippen LogP contribution in [0.25, 0.3) is 0 Å². The van der Waals surface area contributed by atoms with Crippen LogP contribution in [0.3, 0.4) is 0 Å². The van der Waals surface area contributed by atoms with Crippen LogP contribution in [-0.2, 0) is 10.3 Å². The van der Waals surface area contributed by atoms with E-state index in [1.165, 1.54) is 12.1 Å². The molecule has 1 aromatic carbocycles. The van der Waals surface area contributed by atoms with Crippen molar-refractivity contribution in [3.05, 3.63) is 47.7 Å². The highest BCUT2D eigenvalue weighted by Gasteiger charge is 2.61. The number of aliphatic imine (C=N–C) groups is 1. The molecule has 1 saturated heterocycles. The highest BCUT2D eigenvalue weighted by atomic mass is 35.5. The quantitative estimate of drug-likeness (QED) is 0.578. The zero-order valence-corrected chi connectivity index (χ0v) is 18.4. The van der Waals surface area contributed by atoms with Crippen molar-refractivity contribution in [1.82, 2.24) is 9.97 Å². The predicted molar refractivity (Wildman–Crippen MR) is 116 cm³/mol. The van der Waals surface area contributed by atoms with E-state index in [2.05, 4.69) is 20.3 Å². The smallest absolute Gasteiger partial charge is 0.275 e. The van der Waals surface area contributed by atoms with Crippen LogP contribution in [0, 0.1) is 5.82 Å². The van der Waals surface area contributed by atoms with E-state index in [4.69, 9.17) is 15.2 Å². The fourth-order valence-electron chi connectivity index (χ4n) is 3.46. The van der Waals surface area contributed by atoms with Crippen molar-refractivity contribution >= 4 is 40.9 Å². The number of amidine groups is 1. The summed E-state index contributed by atoms with van der Waals surface area (Å²) in [5.74, 6) is -1.65. The molecule has 4 rings (SSSR count). The van der Waals surface area contributed by atoms with Gasteiger partial charge >= 0.3 is 0 Å². The fourth-order valence-corrected chi connectivity index (χ4v) is 4.38.